The maximum atomic E-state index is 4.72. The molecular formula is C18H17BrN2. The number of aryl methyl sites for hydroxylation is 3. The van der Waals surface area contributed by atoms with Gasteiger partial charge in [0, 0.05) is 40.4 Å². The Morgan fingerprint density at radius 2 is 1.81 bits per heavy atom. The highest BCUT2D eigenvalue weighted by molar-refractivity contribution is 9.10. The van der Waals surface area contributed by atoms with Crippen molar-refractivity contribution in [3.63, 3.8) is 0 Å². The zero-order valence-corrected chi connectivity index (χ0v) is 14.0. The van der Waals surface area contributed by atoms with Crippen LogP contribution in [0.1, 0.15) is 16.7 Å². The number of para-hydroxylation sites is 1. The van der Waals surface area contributed by atoms with Gasteiger partial charge in [-0.25, -0.2) is 0 Å². The topological polar surface area (TPSA) is 17.3 Å². The molecule has 3 aromatic rings. The lowest BCUT2D eigenvalue weighted by Crippen LogP contribution is -1.83. The first-order valence-electron chi connectivity index (χ1n) is 6.91. The molecule has 0 amide bonds. The molecule has 1 aromatic heterocycles. The number of aliphatic imine (C=N–C) groups is 1. The molecule has 0 radical (unpaired) electrons. The van der Waals surface area contributed by atoms with Gasteiger partial charge in [-0.1, -0.05) is 34.1 Å². The first-order valence-corrected chi connectivity index (χ1v) is 7.70. The number of hydrogen-bond donors (Lipinski definition) is 0. The summed E-state index contributed by atoms with van der Waals surface area (Å²) in [6.07, 6.45) is 4.08. The first kappa shape index (κ1) is 14.1. The molecule has 0 N–H and O–H groups in total. The van der Waals surface area contributed by atoms with Crippen LogP contribution in [0.2, 0.25) is 0 Å². The second kappa shape index (κ2) is 5.49. The lowest BCUT2D eigenvalue weighted by molar-refractivity contribution is 0.968. The van der Waals surface area contributed by atoms with Crippen LogP contribution in [-0.4, -0.2) is 10.8 Å². The molecule has 1 heterocycles. The second-order valence-electron chi connectivity index (χ2n) is 5.36. The second-order valence-corrected chi connectivity index (χ2v) is 6.27. The maximum Gasteiger partial charge on any atom is 0.0688 e. The summed E-state index contributed by atoms with van der Waals surface area (Å²) in [7, 11) is 2.06. The average molecular weight is 341 g/mol. The quantitative estimate of drug-likeness (QED) is 0.562. The molecule has 0 aliphatic heterocycles. The van der Waals surface area contributed by atoms with Crippen molar-refractivity contribution in [3.05, 3.63) is 63.8 Å². The van der Waals surface area contributed by atoms with E-state index >= 15 is 0 Å². The average Bonchev–Trinajstić information content (AvgIpc) is 2.74. The Morgan fingerprint density at radius 3 is 2.52 bits per heavy atom. The van der Waals surface area contributed by atoms with Crippen molar-refractivity contribution in [1.82, 2.24) is 4.57 Å². The molecule has 0 unspecified atom stereocenters. The maximum absolute atomic E-state index is 4.72. The molecular weight excluding hydrogens is 324 g/mol. The molecule has 0 atom stereocenters. The van der Waals surface area contributed by atoms with E-state index in [1.165, 1.54) is 22.0 Å². The molecule has 0 fully saturated rings. The predicted molar refractivity (Wildman–Crippen MR) is 93.8 cm³/mol. The van der Waals surface area contributed by atoms with Gasteiger partial charge in [0.15, 0.2) is 0 Å². The molecule has 0 aliphatic carbocycles. The summed E-state index contributed by atoms with van der Waals surface area (Å²) in [5.74, 6) is 0. The van der Waals surface area contributed by atoms with Gasteiger partial charge in [0.2, 0.25) is 0 Å². The summed E-state index contributed by atoms with van der Waals surface area (Å²) in [6.45, 7) is 4.19. The van der Waals surface area contributed by atoms with E-state index in [-0.39, 0.29) is 0 Å². The molecule has 0 spiro atoms. The number of rotatable bonds is 2. The summed E-state index contributed by atoms with van der Waals surface area (Å²) in [6, 6.07) is 12.6. The van der Waals surface area contributed by atoms with Crippen molar-refractivity contribution in [3.8, 4) is 0 Å². The fourth-order valence-electron chi connectivity index (χ4n) is 2.64. The molecule has 0 bridgehead atoms. The van der Waals surface area contributed by atoms with Crippen LogP contribution in [0.5, 0.6) is 0 Å². The molecule has 2 aromatic carbocycles. The third-order valence-electron chi connectivity index (χ3n) is 3.75. The van der Waals surface area contributed by atoms with Gasteiger partial charge in [-0.05, 0) is 43.2 Å². The SMILES string of the molecule is Cc1cccc(C)c1N=Cc1cn(C)c2ccc(Br)cc12. The Kier molecular flexibility index (Phi) is 3.68. The van der Waals surface area contributed by atoms with E-state index in [1.807, 2.05) is 6.21 Å². The van der Waals surface area contributed by atoms with Crippen molar-refractivity contribution < 1.29 is 0 Å². The van der Waals surface area contributed by atoms with Crippen LogP contribution in [0.4, 0.5) is 5.69 Å². The first-order chi connectivity index (χ1) is 10.1. The molecule has 0 saturated heterocycles. The monoisotopic (exact) mass is 340 g/mol. The standard InChI is InChI=1S/C18H17BrN2/c1-12-5-4-6-13(2)18(12)20-10-14-11-21(3)17-8-7-15(19)9-16(14)17/h4-11H,1-3H3. The van der Waals surface area contributed by atoms with Gasteiger partial charge in [-0.2, -0.15) is 0 Å². The Balaban J connectivity index is 2.10. The number of aromatic nitrogens is 1. The summed E-state index contributed by atoms with van der Waals surface area (Å²) in [4.78, 5) is 4.72. The number of hydrogen-bond acceptors (Lipinski definition) is 1. The number of halogens is 1. The molecule has 0 aliphatic rings. The van der Waals surface area contributed by atoms with E-state index in [0.717, 1.165) is 15.7 Å². The number of nitrogens with zero attached hydrogens (tertiary/aromatic N) is 2. The van der Waals surface area contributed by atoms with E-state index < -0.39 is 0 Å². The molecule has 0 saturated carbocycles. The Morgan fingerprint density at radius 1 is 1.10 bits per heavy atom. The summed E-state index contributed by atoms with van der Waals surface area (Å²) < 4.78 is 3.22. The predicted octanol–water partition coefficient (Wildman–Crippen LogP) is 5.31. The minimum Gasteiger partial charge on any atom is -0.350 e. The molecule has 3 heteroatoms. The van der Waals surface area contributed by atoms with Crippen molar-refractivity contribution in [2.45, 2.75) is 13.8 Å². The number of fused-ring (bicyclic) bond motifs is 1. The third-order valence-corrected chi connectivity index (χ3v) is 4.25. The van der Waals surface area contributed by atoms with Crippen LogP contribution in [0.3, 0.4) is 0 Å². The number of benzene rings is 2. The zero-order valence-electron chi connectivity index (χ0n) is 12.4. The van der Waals surface area contributed by atoms with Crippen LogP contribution >= 0.6 is 15.9 Å². The Hall–Kier alpha value is -1.87. The fourth-order valence-corrected chi connectivity index (χ4v) is 3.00. The van der Waals surface area contributed by atoms with Crippen LogP contribution in [-0.2, 0) is 7.05 Å². The highest BCUT2D eigenvalue weighted by Gasteiger charge is 2.06. The lowest BCUT2D eigenvalue weighted by atomic mass is 10.1. The highest BCUT2D eigenvalue weighted by Crippen LogP contribution is 2.26. The van der Waals surface area contributed by atoms with E-state index in [9.17, 15) is 0 Å². The smallest absolute Gasteiger partial charge is 0.0688 e. The van der Waals surface area contributed by atoms with Crippen LogP contribution in [0.25, 0.3) is 10.9 Å². The van der Waals surface area contributed by atoms with Crippen molar-refractivity contribution in [2.75, 3.05) is 0 Å². The Labute approximate surface area is 133 Å². The van der Waals surface area contributed by atoms with Gasteiger partial charge >= 0.3 is 0 Å². The van der Waals surface area contributed by atoms with Crippen molar-refractivity contribution in [1.29, 1.82) is 0 Å². The molecule has 106 valence electrons. The van der Waals surface area contributed by atoms with Crippen molar-refractivity contribution in [2.24, 2.45) is 12.0 Å². The van der Waals surface area contributed by atoms with Crippen LogP contribution in [0.15, 0.2) is 52.1 Å². The van der Waals surface area contributed by atoms with Crippen LogP contribution < -0.4 is 0 Å². The minimum atomic E-state index is 1.06. The largest absolute Gasteiger partial charge is 0.350 e. The summed E-state index contributed by atoms with van der Waals surface area (Å²) in [5.41, 5.74) is 5.81. The van der Waals surface area contributed by atoms with Gasteiger partial charge < -0.3 is 4.57 Å². The fraction of sp³-hybridized carbons (Fsp3) is 0.167. The van der Waals surface area contributed by atoms with E-state index in [0.29, 0.717) is 0 Å². The lowest BCUT2D eigenvalue weighted by Gasteiger charge is -2.03. The van der Waals surface area contributed by atoms with Crippen LogP contribution in [0, 0.1) is 13.8 Å². The normalized spacial score (nSPS) is 11.6. The summed E-state index contributed by atoms with van der Waals surface area (Å²) in [5, 5.41) is 1.21. The van der Waals surface area contributed by atoms with Crippen molar-refractivity contribution >= 4 is 38.7 Å². The van der Waals surface area contributed by atoms with E-state index in [1.54, 1.807) is 0 Å². The summed E-state index contributed by atoms with van der Waals surface area (Å²) >= 11 is 3.54. The molecule has 3 rings (SSSR count). The van der Waals surface area contributed by atoms with Gasteiger partial charge in [0.1, 0.15) is 0 Å². The van der Waals surface area contributed by atoms with Gasteiger partial charge in [0.25, 0.3) is 0 Å². The van der Waals surface area contributed by atoms with Gasteiger partial charge in [-0.15, -0.1) is 0 Å². The molecule has 2 nitrogen and oxygen atoms in total. The van der Waals surface area contributed by atoms with E-state index in [4.69, 9.17) is 4.99 Å². The minimum absolute atomic E-state index is 1.06. The highest BCUT2D eigenvalue weighted by atomic mass is 79.9. The van der Waals surface area contributed by atoms with Gasteiger partial charge in [-0.3, -0.25) is 4.99 Å². The van der Waals surface area contributed by atoms with E-state index in [2.05, 4.69) is 84.0 Å². The third kappa shape index (κ3) is 2.66. The Bertz CT molecular complexity index is 824. The van der Waals surface area contributed by atoms with Gasteiger partial charge in [0.05, 0.1) is 5.69 Å². The zero-order chi connectivity index (χ0) is 15.0. The molecule has 21 heavy (non-hydrogen) atoms.